The molecule has 8 nitrogen and oxygen atoms in total. The number of rotatable bonds is 9. The lowest BCUT2D eigenvalue weighted by Crippen LogP contribution is -2.54. The van der Waals surface area contributed by atoms with E-state index in [4.69, 9.17) is 4.74 Å². The summed E-state index contributed by atoms with van der Waals surface area (Å²) in [6, 6.07) is 0. The van der Waals surface area contributed by atoms with Crippen molar-refractivity contribution in [2.24, 2.45) is 0 Å². The highest BCUT2D eigenvalue weighted by Gasteiger charge is 2.42. The maximum atomic E-state index is 11.8. The summed E-state index contributed by atoms with van der Waals surface area (Å²) < 4.78 is 30.1. The number of carbonyl (C=O) groups excluding carboxylic acids is 1. The van der Waals surface area contributed by atoms with Crippen LogP contribution in [-0.2, 0) is 24.3 Å². The largest absolute Gasteiger partial charge is 0.480 e. The van der Waals surface area contributed by atoms with E-state index in [-0.39, 0.29) is 5.75 Å². The van der Waals surface area contributed by atoms with E-state index < -0.39 is 34.0 Å². The van der Waals surface area contributed by atoms with Gasteiger partial charge in [0, 0.05) is 13.7 Å². The topological polar surface area (TPSA) is 122 Å². The molecule has 0 atom stereocenters. The van der Waals surface area contributed by atoms with Gasteiger partial charge in [-0.3, -0.25) is 4.79 Å². The molecule has 0 aromatic carbocycles. The Kier molecular flexibility index (Phi) is 6.56. The molecule has 0 unspecified atom stereocenters. The van der Waals surface area contributed by atoms with Gasteiger partial charge in [0.05, 0.1) is 12.3 Å². The first-order valence-electron chi connectivity index (χ1n) is 6.82. The smallest absolute Gasteiger partial charge is 0.329 e. The minimum absolute atomic E-state index is 0.141. The van der Waals surface area contributed by atoms with E-state index in [1.807, 2.05) is 0 Å². The Morgan fingerprint density at radius 2 is 1.90 bits per heavy atom. The lowest BCUT2D eigenvalue weighted by atomic mass is 9.98. The van der Waals surface area contributed by atoms with Gasteiger partial charge in [-0.05, 0) is 19.3 Å². The van der Waals surface area contributed by atoms with E-state index in [1.54, 1.807) is 0 Å². The number of carbonyl (C=O) groups is 2. The minimum atomic E-state index is -3.56. The number of aliphatic carboxylic acids is 1. The molecule has 122 valence electrons. The van der Waals surface area contributed by atoms with Crippen molar-refractivity contribution in [2.75, 3.05) is 26.0 Å². The highest BCUT2D eigenvalue weighted by atomic mass is 32.2. The normalized spacial score (nSPS) is 17.6. The van der Waals surface area contributed by atoms with Crippen LogP contribution in [0.15, 0.2) is 0 Å². The monoisotopic (exact) mass is 322 g/mol. The molecule has 0 aliphatic heterocycles. The first-order chi connectivity index (χ1) is 9.81. The van der Waals surface area contributed by atoms with Crippen molar-refractivity contribution < 1.29 is 27.9 Å². The number of methoxy groups -OCH3 is 1. The van der Waals surface area contributed by atoms with Crippen molar-refractivity contribution in [2.45, 2.75) is 37.6 Å². The van der Waals surface area contributed by atoms with Crippen LogP contribution in [0, 0.1) is 0 Å². The van der Waals surface area contributed by atoms with Gasteiger partial charge in [0.1, 0.15) is 5.54 Å². The molecule has 0 aromatic heterocycles. The zero-order valence-electron chi connectivity index (χ0n) is 12.1. The highest BCUT2D eigenvalue weighted by molar-refractivity contribution is 7.89. The number of sulfonamides is 1. The van der Waals surface area contributed by atoms with Crippen molar-refractivity contribution in [1.29, 1.82) is 0 Å². The molecule has 0 bridgehead atoms. The van der Waals surface area contributed by atoms with Crippen LogP contribution < -0.4 is 10.0 Å². The minimum Gasteiger partial charge on any atom is -0.480 e. The van der Waals surface area contributed by atoms with Crippen LogP contribution >= 0.6 is 0 Å². The summed E-state index contributed by atoms with van der Waals surface area (Å²) in [6.45, 7) is -0.139. The Balaban J connectivity index is 2.45. The molecule has 0 saturated heterocycles. The van der Waals surface area contributed by atoms with Crippen LogP contribution in [0.4, 0.5) is 0 Å². The van der Waals surface area contributed by atoms with E-state index >= 15 is 0 Å². The fraction of sp³-hybridized carbons (Fsp3) is 0.833. The molecule has 0 heterocycles. The van der Waals surface area contributed by atoms with E-state index in [0.29, 0.717) is 25.9 Å². The van der Waals surface area contributed by atoms with Gasteiger partial charge in [0.2, 0.25) is 15.9 Å². The van der Waals surface area contributed by atoms with Crippen molar-refractivity contribution in [3.05, 3.63) is 0 Å². The van der Waals surface area contributed by atoms with Crippen LogP contribution in [0.1, 0.15) is 32.1 Å². The van der Waals surface area contributed by atoms with Crippen LogP contribution in [0.2, 0.25) is 0 Å². The molecule has 1 saturated carbocycles. The lowest BCUT2D eigenvalue weighted by Gasteiger charge is -2.25. The Morgan fingerprint density at radius 3 is 2.43 bits per heavy atom. The van der Waals surface area contributed by atoms with Crippen LogP contribution in [0.5, 0.6) is 0 Å². The third-order valence-electron chi connectivity index (χ3n) is 3.46. The number of ether oxygens (including phenoxy) is 1. The predicted molar refractivity (Wildman–Crippen MR) is 75.3 cm³/mol. The first kappa shape index (κ1) is 17.9. The molecule has 1 aliphatic rings. The Labute approximate surface area is 124 Å². The predicted octanol–water partition coefficient (Wildman–Crippen LogP) is -0.544. The number of nitrogens with one attached hydrogen (secondary N) is 2. The van der Waals surface area contributed by atoms with Crippen LogP contribution in [0.3, 0.4) is 0 Å². The number of amides is 1. The molecule has 21 heavy (non-hydrogen) atoms. The summed E-state index contributed by atoms with van der Waals surface area (Å²) >= 11 is 0. The summed E-state index contributed by atoms with van der Waals surface area (Å²) in [5, 5.41) is 11.7. The summed E-state index contributed by atoms with van der Waals surface area (Å²) in [4.78, 5) is 23.0. The zero-order valence-corrected chi connectivity index (χ0v) is 12.9. The van der Waals surface area contributed by atoms with Crippen LogP contribution in [0.25, 0.3) is 0 Å². The fourth-order valence-electron chi connectivity index (χ4n) is 2.32. The second kappa shape index (κ2) is 7.71. The molecule has 1 rings (SSSR count). The third-order valence-corrected chi connectivity index (χ3v) is 4.87. The van der Waals surface area contributed by atoms with E-state index in [0.717, 1.165) is 12.8 Å². The quantitative estimate of drug-likeness (QED) is 0.490. The van der Waals surface area contributed by atoms with Crippen molar-refractivity contribution >= 4 is 21.9 Å². The molecule has 1 fully saturated rings. The molecule has 0 spiro atoms. The molecular formula is C12H22N2O6S. The van der Waals surface area contributed by atoms with E-state index in [1.165, 1.54) is 7.11 Å². The second-order valence-electron chi connectivity index (χ2n) is 5.13. The van der Waals surface area contributed by atoms with Crippen molar-refractivity contribution in [1.82, 2.24) is 10.0 Å². The number of carboxylic acids is 1. The summed E-state index contributed by atoms with van der Waals surface area (Å²) in [6.07, 6.45) is 2.53. The number of carboxylic acid groups (broad SMARTS) is 1. The molecule has 3 N–H and O–H groups in total. The first-order valence-corrected chi connectivity index (χ1v) is 8.47. The Hall–Kier alpha value is -1.19. The molecule has 1 amide bonds. The summed E-state index contributed by atoms with van der Waals surface area (Å²) in [5.74, 6) is -1.84. The molecule has 1 aliphatic carbocycles. The maximum absolute atomic E-state index is 11.8. The van der Waals surface area contributed by atoms with Gasteiger partial charge in [0.25, 0.3) is 0 Å². The molecular weight excluding hydrogens is 300 g/mol. The fourth-order valence-corrected chi connectivity index (χ4v) is 3.32. The van der Waals surface area contributed by atoms with Gasteiger partial charge >= 0.3 is 5.97 Å². The third kappa shape index (κ3) is 5.60. The molecule has 0 aromatic rings. The number of hydrogen-bond donors (Lipinski definition) is 3. The summed E-state index contributed by atoms with van der Waals surface area (Å²) in [7, 11) is -2.09. The zero-order chi connectivity index (χ0) is 15.9. The maximum Gasteiger partial charge on any atom is 0.329 e. The van der Waals surface area contributed by atoms with Gasteiger partial charge in [-0.15, -0.1) is 0 Å². The molecule has 0 radical (unpaired) electrons. The average molecular weight is 322 g/mol. The Bertz CT molecular complexity index is 470. The van der Waals surface area contributed by atoms with Crippen molar-refractivity contribution in [3.63, 3.8) is 0 Å². The lowest BCUT2D eigenvalue weighted by molar-refractivity contribution is -0.147. The van der Waals surface area contributed by atoms with Crippen LogP contribution in [-0.4, -0.2) is 57.0 Å². The van der Waals surface area contributed by atoms with Gasteiger partial charge in [0.15, 0.2) is 0 Å². The SMILES string of the molecule is COCCCS(=O)(=O)NCC(=O)NC1(C(=O)O)CCCC1. The highest BCUT2D eigenvalue weighted by Crippen LogP contribution is 2.29. The molecule has 9 heteroatoms. The Morgan fingerprint density at radius 1 is 1.29 bits per heavy atom. The van der Waals surface area contributed by atoms with Gasteiger partial charge in [-0.2, -0.15) is 0 Å². The summed E-state index contributed by atoms with van der Waals surface area (Å²) in [5.41, 5.74) is -1.25. The standard InChI is InChI=1S/C12H22N2O6S/c1-20-7-4-8-21(18,19)13-9-10(15)14-12(11(16)17)5-2-3-6-12/h13H,2-9H2,1H3,(H,14,15)(H,16,17). The van der Waals surface area contributed by atoms with Crippen molar-refractivity contribution in [3.8, 4) is 0 Å². The second-order valence-corrected chi connectivity index (χ2v) is 7.06. The van der Waals surface area contributed by atoms with Gasteiger partial charge in [-0.1, -0.05) is 12.8 Å². The van der Waals surface area contributed by atoms with Gasteiger partial charge < -0.3 is 15.2 Å². The average Bonchev–Trinajstić information content (AvgIpc) is 2.87. The van der Waals surface area contributed by atoms with E-state index in [9.17, 15) is 23.1 Å². The van der Waals surface area contributed by atoms with Gasteiger partial charge in [-0.25, -0.2) is 17.9 Å². The number of hydrogen-bond acceptors (Lipinski definition) is 5. The van der Waals surface area contributed by atoms with E-state index in [2.05, 4.69) is 10.0 Å².